The molecule has 0 aromatic heterocycles. The van der Waals surface area contributed by atoms with Crippen LogP contribution >= 0.6 is 15.9 Å². The number of hydrogen-bond donors (Lipinski definition) is 0. The van der Waals surface area contributed by atoms with Crippen molar-refractivity contribution in [1.82, 2.24) is 0 Å². The highest BCUT2D eigenvalue weighted by Crippen LogP contribution is 2.49. The van der Waals surface area contributed by atoms with Gasteiger partial charge >= 0.3 is 5.97 Å². The first-order valence-electron chi connectivity index (χ1n) is 8.97. The first kappa shape index (κ1) is 18.6. The minimum absolute atomic E-state index is 0.334. The molecule has 0 radical (unpaired) electrons. The summed E-state index contributed by atoms with van der Waals surface area (Å²) >= 11 is 3.47. The number of rotatable bonds is 5. The van der Waals surface area contributed by atoms with Crippen LogP contribution in [0.1, 0.15) is 28.7 Å². The minimum Gasteiger partial charge on any atom is -0.488 e. The van der Waals surface area contributed by atoms with E-state index in [-0.39, 0.29) is 5.97 Å². The van der Waals surface area contributed by atoms with E-state index in [0.717, 1.165) is 21.2 Å². The maximum absolute atomic E-state index is 12.6. The van der Waals surface area contributed by atoms with E-state index >= 15 is 0 Å². The van der Waals surface area contributed by atoms with Crippen LogP contribution < -0.4 is 9.47 Å². The number of para-hydroxylation sites is 1. The Morgan fingerprint density at radius 2 is 1.75 bits per heavy atom. The van der Waals surface area contributed by atoms with Crippen molar-refractivity contribution < 1.29 is 19.0 Å². The van der Waals surface area contributed by atoms with Crippen molar-refractivity contribution in [3.63, 3.8) is 0 Å². The van der Waals surface area contributed by atoms with Crippen LogP contribution in [0, 0.1) is 0 Å². The van der Waals surface area contributed by atoms with Crippen molar-refractivity contribution in [2.45, 2.75) is 18.6 Å². The third-order valence-corrected chi connectivity index (χ3v) is 5.27. The van der Waals surface area contributed by atoms with Gasteiger partial charge < -0.3 is 14.2 Å². The van der Waals surface area contributed by atoms with Crippen LogP contribution in [0.25, 0.3) is 0 Å². The van der Waals surface area contributed by atoms with Gasteiger partial charge in [-0.3, -0.25) is 4.79 Å². The molecule has 0 spiro atoms. The number of fused-ring (bicyclic) bond motifs is 1. The Kier molecular flexibility index (Phi) is 5.35. The highest BCUT2D eigenvalue weighted by Gasteiger charge is 2.42. The number of hydrogen-bond acceptors (Lipinski definition) is 4. The molecule has 0 bridgehead atoms. The molecule has 0 N–H and O–H groups in total. The normalized spacial score (nSPS) is 17.5. The molecule has 28 heavy (non-hydrogen) atoms. The molecule has 0 aliphatic carbocycles. The van der Waals surface area contributed by atoms with E-state index in [0.29, 0.717) is 18.1 Å². The molecule has 142 valence electrons. The van der Waals surface area contributed by atoms with Crippen molar-refractivity contribution >= 4 is 21.9 Å². The van der Waals surface area contributed by atoms with Crippen LogP contribution in [0.5, 0.6) is 11.5 Å². The van der Waals surface area contributed by atoms with Gasteiger partial charge in [-0.1, -0.05) is 64.5 Å². The van der Waals surface area contributed by atoms with Gasteiger partial charge in [0, 0.05) is 15.6 Å². The Morgan fingerprint density at radius 3 is 2.54 bits per heavy atom. The summed E-state index contributed by atoms with van der Waals surface area (Å²) in [6.45, 7) is 0.436. The van der Waals surface area contributed by atoms with Crippen molar-refractivity contribution in [2.24, 2.45) is 0 Å². The number of benzene rings is 3. The number of halogens is 1. The monoisotopic (exact) mass is 438 g/mol. The lowest BCUT2D eigenvalue weighted by atomic mass is 9.90. The van der Waals surface area contributed by atoms with Crippen LogP contribution in [-0.2, 0) is 16.1 Å². The molecular weight excluding hydrogens is 420 g/mol. The Balaban J connectivity index is 1.67. The maximum Gasteiger partial charge on any atom is 0.317 e. The topological polar surface area (TPSA) is 44.8 Å². The molecular formula is C23H19BrO4. The summed E-state index contributed by atoms with van der Waals surface area (Å²) in [5.41, 5.74) is 2.70. The number of ether oxygens (including phenoxy) is 3. The highest BCUT2D eigenvalue weighted by atomic mass is 79.9. The van der Waals surface area contributed by atoms with Crippen molar-refractivity contribution in [3.8, 4) is 11.5 Å². The van der Waals surface area contributed by atoms with E-state index in [1.165, 1.54) is 7.11 Å². The molecule has 3 aromatic carbocycles. The Bertz CT molecular complexity index is 987. The smallest absolute Gasteiger partial charge is 0.317 e. The number of carbonyl (C=O) groups excluding carboxylic acids is 1. The zero-order valence-corrected chi connectivity index (χ0v) is 16.9. The molecule has 1 aliphatic rings. The van der Waals surface area contributed by atoms with Gasteiger partial charge in [0.1, 0.15) is 30.1 Å². The zero-order chi connectivity index (χ0) is 19.5. The third-order valence-electron chi connectivity index (χ3n) is 4.78. The molecule has 4 nitrogen and oxygen atoms in total. The second-order valence-electron chi connectivity index (χ2n) is 6.53. The molecule has 3 aromatic rings. The first-order chi connectivity index (χ1) is 13.7. The SMILES string of the molecule is COC(=O)C1c2cc(Br)ccc2OC1c1ccccc1OCc1ccccc1. The lowest BCUT2D eigenvalue weighted by molar-refractivity contribution is -0.144. The fraction of sp³-hybridized carbons (Fsp3) is 0.174. The Hall–Kier alpha value is -2.79. The number of carbonyl (C=O) groups is 1. The molecule has 4 rings (SSSR count). The number of esters is 1. The molecule has 0 saturated heterocycles. The van der Waals surface area contributed by atoms with E-state index < -0.39 is 12.0 Å². The van der Waals surface area contributed by atoms with Gasteiger partial charge in [0.25, 0.3) is 0 Å². The van der Waals surface area contributed by atoms with Crippen LogP contribution in [0.2, 0.25) is 0 Å². The first-order valence-corrected chi connectivity index (χ1v) is 9.76. The lowest BCUT2D eigenvalue weighted by Crippen LogP contribution is -2.20. The molecule has 2 atom stereocenters. The van der Waals surface area contributed by atoms with Gasteiger partial charge in [-0.25, -0.2) is 0 Å². The predicted molar refractivity (Wildman–Crippen MR) is 109 cm³/mol. The summed E-state index contributed by atoms with van der Waals surface area (Å²) in [6, 6.07) is 23.3. The second kappa shape index (κ2) is 8.07. The summed E-state index contributed by atoms with van der Waals surface area (Å²) in [7, 11) is 1.40. The summed E-state index contributed by atoms with van der Waals surface area (Å²) < 4.78 is 18.2. The fourth-order valence-electron chi connectivity index (χ4n) is 3.44. The minimum atomic E-state index is -0.557. The lowest BCUT2D eigenvalue weighted by Gasteiger charge is -2.20. The largest absolute Gasteiger partial charge is 0.488 e. The van der Waals surface area contributed by atoms with E-state index in [1.807, 2.05) is 72.8 Å². The average Bonchev–Trinajstić information content (AvgIpc) is 3.11. The molecule has 1 aliphatic heterocycles. The average molecular weight is 439 g/mol. The summed E-state index contributed by atoms with van der Waals surface area (Å²) in [5.74, 6) is 0.484. The van der Waals surface area contributed by atoms with E-state index in [1.54, 1.807) is 0 Å². The van der Waals surface area contributed by atoms with E-state index in [2.05, 4.69) is 15.9 Å². The van der Waals surface area contributed by atoms with Gasteiger partial charge in [-0.15, -0.1) is 0 Å². The maximum atomic E-state index is 12.6. The summed E-state index contributed by atoms with van der Waals surface area (Å²) in [5, 5.41) is 0. The van der Waals surface area contributed by atoms with Gasteiger partial charge in [0.2, 0.25) is 0 Å². The Morgan fingerprint density at radius 1 is 1.00 bits per heavy atom. The number of methoxy groups -OCH3 is 1. The standard InChI is InChI=1S/C23H19BrO4/c1-26-23(25)21-18-13-16(24)11-12-20(18)28-22(21)17-9-5-6-10-19(17)27-14-15-7-3-2-4-8-15/h2-13,21-22H,14H2,1H3. The van der Waals surface area contributed by atoms with Crippen LogP contribution in [0.3, 0.4) is 0 Å². The van der Waals surface area contributed by atoms with Gasteiger partial charge in [-0.05, 0) is 29.8 Å². The van der Waals surface area contributed by atoms with Crippen LogP contribution in [-0.4, -0.2) is 13.1 Å². The van der Waals surface area contributed by atoms with Crippen molar-refractivity contribution in [3.05, 3.63) is 94.0 Å². The second-order valence-corrected chi connectivity index (χ2v) is 7.45. The highest BCUT2D eigenvalue weighted by molar-refractivity contribution is 9.10. The van der Waals surface area contributed by atoms with E-state index in [9.17, 15) is 4.79 Å². The van der Waals surface area contributed by atoms with Gasteiger partial charge in [0.15, 0.2) is 0 Å². The molecule has 0 saturated carbocycles. The molecule has 0 amide bonds. The van der Waals surface area contributed by atoms with Crippen molar-refractivity contribution in [2.75, 3.05) is 7.11 Å². The molecule has 2 unspecified atom stereocenters. The van der Waals surface area contributed by atoms with Crippen LogP contribution in [0.4, 0.5) is 0 Å². The van der Waals surface area contributed by atoms with Gasteiger partial charge in [0.05, 0.1) is 7.11 Å². The summed E-state index contributed by atoms with van der Waals surface area (Å²) in [6.07, 6.45) is -0.510. The molecule has 1 heterocycles. The fourth-order valence-corrected chi connectivity index (χ4v) is 3.82. The quantitative estimate of drug-likeness (QED) is 0.499. The molecule has 5 heteroatoms. The van der Waals surface area contributed by atoms with E-state index in [4.69, 9.17) is 14.2 Å². The molecule has 0 fully saturated rings. The Labute approximate surface area is 172 Å². The van der Waals surface area contributed by atoms with Crippen molar-refractivity contribution in [1.29, 1.82) is 0 Å². The van der Waals surface area contributed by atoms with Gasteiger partial charge in [-0.2, -0.15) is 0 Å². The zero-order valence-electron chi connectivity index (χ0n) is 15.3. The predicted octanol–water partition coefficient (Wildman–Crippen LogP) is 5.42. The summed E-state index contributed by atoms with van der Waals surface area (Å²) in [4.78, 5) is 12.6. The van der Waals surface area contributed by atoms with Crippen LogP contribution in [0.15, 0.2) is 77.3 Å². The third kappa shape index (κ3) is 3.62.